The van der Waals surface area contributed by atoms with Crippen LogP contribution in [-0.2, 0) is 28.6 Å². The molecule has 0 saturated carbocycles. The SMILES string of the molecule is CC\C=C/C=C\C=C/C=C\C=C\C=C/C=C\CCCCCC(=O)OCC(COC(=O)CCCCCCCCC/C=C\C/C=C\CCCCC)OC(=O)CCCCCCCCC/C=C\C/C=C\CCCCC. The quantitative estimate of drug-likeness (QED) is 0.0199. The third kappa shape index (κ3) is 56.3. The van der Waals surface area contributed by atoms with Gasteiger partial charge in [0.2, 0.25) is 0 Å². The Hall–Kier alpha value is -4.45. The molecule has 0 fully saturated rings. The number of allylic oxidation sites excluding steroid dienone is 22. The molecule has 1 atom stereocenters. The summed E-state index contributed by atoms with van der Waals surface area (Å²) in [6.45, 7) is 6.39. The van der Waals surface area contributed by atoms with Crippen molar-refractivity contribution in [3.63, 3.8) is 0 Å². The van der Waals surface area contributed by atoms with Crippen LogP contribution in [0.3, 0.4) is 0 Å². The predicted octanol–water partition coefficient (Wildman–Crippen LogP) is 19.4. The molecule has 6 nitrogen and oxygen atoms in total. The van der Waals surface area contributed by atoms with E-state index in [9.17, 15) is 14.4 Å². The van der Waals surface area contributed by atoms with Crippen molar-refractivity contribution in [1.29, 1.82) is 0 Å². The minimum Gasteiger partial charge on any atom is -0.462 e. The Morgan fingerprint density at radius 2 is 0.606 bits per heavy atom. The lowest BCUT2D eigenvalue weighted by Crippen LogP contribution is -2.30. The third-order valence-corrected chi connectivity index (χ3v) is 11.8. The Morgan fingerprint density at radius 1 is 0.310 bits per heavy atom. The van der Waals surface area contributed by atoms with Crippen molar-refractivity contribution in [3.8, 4) is 0 Å². The van der Waals surface area contributed by atoms with E-state index >= 15 is 0 Å². The molecule has 0 aromatic heterocycles. The van der Waals surface area contributed by atoms with E-state index in [1.165, 1.54) is 103 Å². The van der Waals surface area contributed by atoms with Crippen LogP contribution in [-0.4, -0.2) is 37.2 Å². The zero-order valence-electron chi connectivity index (χ0n) is 45.7. The van der Waals surface area contributed by atoms with Gasteiger partial charge >= 0.3 is 17.9 Å². The van der Waals surface area contributed by atoms with Gasteiger partial charge in [-0.05, 0) is 103 Å². The smallest absolute Gasteiger partial charge is 0.306 e. The molecule has 0 radical (unpaired) electrons. The molecule has 0 saturated heterocycles. The summed E-state index contributed by atoms with van der Waals surface area (Å²) in [4.78, 5) is 38.2. The highest BCUT2D eigenvalue weighted by molar-refractivity contribution is 5.71. The van der Waals surface area contributed by atoms with E-state index < -0.39 is 6.10 Å². The number of carbonyl (C=O) groups is 3. The van der Waals surface area contributed by atoms with Crippen molar-refractivity contribution >= 4 is 17.9 Å². The molecule has 400 valence electrons. The fraction of sp³-hybridized carbons (Fsp3) is 0.615. The fourth-order valence-corrected chi connectivity index (χ4v) is 7.48. The van der Waals surface area contributed by atoms with Crippen LogP contribution in [0.25, 0.3) is 0 Å². The molecule has 0 aliphatic heterocycles. The first-order chi connectivity index (χ1) is 35.0. The van der Waals surface area contributed by atoms with E-state index in [0.717, 1.165) is 96.3 Å². The van der Waals surface area contributed by atoms with Gasteiger partial charge in [-0.1, -0.05) is 251 Å². The van der Waals surface area contributed by atoms with Crippen molar-refractivity contribution in [1.82, 2.24) is 0 Å². The minimum absolute atomic E-state index is 0.105. The largest absolute Gasteiger partial charge is 0.462 e. The number of ether oxygens (including phenoxy) is 3. The number of hydrogen-bond acceptors (Lipinski definition) is 6. The Morgan fingerprint density at radius 3 is 0.986 bits per heavy atom. The van der Waals surface area contributed by atoms with Crippen LogP contribution in [0.15, 0.2) is 134 Å². The van der Waals surface area contributed by atoms with E-state index in [2.05, 4.69) is 81.5 Å². The maximum absolute atomic E-state index is 12.9. The van der Waals surface area contributed by atoms with Crippen molar-refractivity contribution < 1.29 is 28.6 Å². The van der Waals surface area contributed by atoms with Crippen LogP contribution in [0.1, 0.15) is 239 Å². The molecular weight excluding hydrogens is 877 g/mol. The van der Waals surface area contributed by atoms with Gasteiger partial charge < -0.3 is 14.2 Å². The summed E-state index contributed by atoms with van der Waals surface area (Å²) in [6.07, 6.45) is 81.4. The maximum Gasteiger partial charge on any atom is 0.306 e. The number of esters is 3. The highest BCUT2D eigenvalue weighted by atomic mass is 16.6. The number of carbonyl (C=O) groups excluding carboxylic acids is 3. The lowest BCUT2D eigenvalue weighted by molar-refractivity contribution is -0.167. The molecule has 1 unspecified atom stereocenters. The standard InChI is InChI=1S/C65H104O6/c1-4-7-10-13-16-19-22-25-28-31-32-35-37-40-43-46-49-52-55-58-64(67)70-61-62(71-65(68)59-56-53-50-47-44-41-38-34-30-27-24-21-18-15-12-9-6-3)60-69-63(66)57-54-51-48-45-42-39-36-33-29-26-23-20-17-14-11-8-5-2/h7,10,13,16-22,25-32,35,37,40,43,62H,4-6,8-9,11-12,14-15,23-24,33-34,36,38-39,41-42,44-61H2,1-3H3/b10-7-,16-13-,20-17-,21-18-,22-19-,28-25-,29-26-,30-27-,32-31+,37-35-,43-40-. The van der Waals surface area contributed by atoms with Gasteiger partial charge in [-0.25, -0.2) is 0 Å². The zero-order valence-corrected chi connectivity index (χ0v) is 45.7. The summed E-state index contributed by atoms with van der Waals surface area (Å²) in [5, 5.41) is 0. The van der Waals surface area contributed by atoms with E-state index in [1.807, 2.05) is 72.9 Å². The molecular formula is C65H104O6. The number of unbranched alkanes of at least 4 members (excludes halogenated alkanes) is 23. The van der Waals surface area contributed by atoms with Crippen LogP contribution >= 0.6 is 0 Å². The predicted molar refractivity (Wildman–Crippen MR) is 306 cm³/mol. The number of hydrogen-bond donors (Lipinski definition) is 0. The highest BCUT2D eigenvalue weighted by Crippen LogP contribution is 2.14. The first-order valence-electron chi connectivity index (χ1n) is 28.8. The van der Waals surface area contributed by atoms with Gasteiger partial charge in [-0.3, -0.25) is 14.4 Å². The van der Waals surface area contributed by atoms with Crippen LogP contribution in [0.5, 0.6) is 0 Å². The van der Waals surface area contributed by atoms with Crippen LogP contribution < -0.4 is 0 Å². The summed E-state index contributed by atoms with van der Waals surface area (Å²) in [7, 11) is 0. The molecule has 0 heterocycles. The molecule has 0 bridgehead atoms. The van der Waals surface area contributed by atoms with Gasteiger partial charge in [0.05, 0.1) is 0 Å². The van der Waals surface area contributed by atoms with Crippen molar-refractivity contribution in [2.24, 2.45) is 0 Å². The molecule has 6 heteroatoms. The summed E-state index contributed by atoms with van der Waals surface area (Å²) in [6, 6.07) is 0. The first-order valence-corrected chi connectivity index (χ1v) is 28.8. The Kier molecular flexibility index (Phi) is 54.5. The molecule has 0 amide bonds. The second-order valence-corrected chi connectivity index (χ2v) is 18.6. The lowest BCUT2D eigenvalue weighted by Gasteiger charge is -2.18. The van der Waals surface area contributed by atoms with Gasteiger partial charge in [0.1, 0.15) is 13.2 Å². The average Bonchev–Trinajstić information content (AvgIpc) is 3.37. The van der Waals surface area contributed by atoms with Gasteiger partial charge in [0.25, 0.3) is 0 Å². The second-order valence-electron chi connectivity index (χ2n) is 18.6. The van der Waals surface area contributed by atoms with Crippen LogP contribution in [0.4, 0.5) is 0 Å². The van der Waals surface area contributed by atoms with Gasteiger partial charge in [-0.2, -0.15) is 0 Å². The van der Waals surface area contributed by atoms with E-state index in [4.69, 9.17) is 14.2 Å². The lowest BCUT2D eigenvalue weighted by atomic mass is 10.1. The van der Waals surface area contributed by atoms with E-state index in [0.29, 0.717) is 19.3 Å². The normalized spacial score (nSPS) is 13.1. The topological polar surface area (TPSA) is 78.9 Å². The van der Waals surface area contributed by atoms with E-state index in [-0.39, 0.29) is 31.1 Å². The van der Waals surface area contributed by atoms with Gasteiger partial charge in [-0.15, -0.1) is 0 Å². The summed E-state index contributed by atoms with van der Waals surface area (Å²) in [5.41, 5.74) is 0. The third-order valence-electron chi connectivity index (χ3n) is 11.8. The van der Waals surface area contributed by atoms with Crippen LogP contribution in [0, 0.1) is 0 Å². The minimum atomic E-state index is -0.811. The monoisotopic (exact) mass is 981 g/mol. The molecule has 71 heavy (non-hydrogen) atoms. The molecule has 0 aliphatic carbocycles. The molecule has 0 aromatic carbocycles. The highest BCUT2D eigenvalue weighted by Gasteiger charge is 2.19. The van der Waals surface area contributed by atoms with E-state index in [1.54, 1.807) is 0 Å². The molecule has 0 rings (SSSR count). The number of rotatable bonds is 50. The molecule has 0 aliphatic rings. The fourth-order valence-electron chi connectivity index (χ4n) is 7.48. The molecule has 0 N–H and O–H groups in total. The van der Waals surface area contributed by atoms with Crippen molar-refractivity contribution in [2.75, 3.05) is 13.2 Å². The van der Waals surface area contributed by atoms with Crippen LogP contribution in [0.2, 0.25) is 0 Å². The Balaban J connectivity index is 4.54. The van der Waals surface area contributed by atoms with Crippen molar-refractivity contribution in [3.05, 3.63) is 134 Å². The van der Waals surface area contributed by atoms with Gasteiger partial charge in [0, 0.05) is 19.3 Å². The molecule has 0 aromatic rings. The Labute approximate surface area is 436 Å². The Bertz CT molecular complexity index is 1550. The second kappa shape index (κ2) is 58.1. The molecule has 0 spiro atoms. The summed E-state index contributed by atoms with van der Waals surface area (Å²) >= 11 is 0. The average molecular weight is 982 g/mol. The van der Waals surface area contributed by atoms with Gasteiger partial charge in [0.15, 0.2) is 6.10 Å². The maximum atomic E-state index is 12.9. The zero-order chi connectivity index (χ0) is 51.4. The first kappa shape index (κ1) is 66.6. The summed E-state index contributed by atoms with van der Waals surface area (Å²) in [5.74, 6) is -0.969. The van der Waals surface area contributed by atoms with Crippen molar-refractivity contribution in [2.45, 2.75) is 245 Å². The summed E-state index contributed by atoms with van der Waals surface area (Å²) < 4.78 is 16.8.